The molecule has 7 heteroatoms. The second kappa shape index (κ2) is 7.39. The van der Waals surface area contributed by atoms with Gasteiger partial charge in [0.15, 0.2) is 0 Å². The number of aliphatic hydroxyl groups excluding tert-OH is 1. The molecule has 2 heterocycles. The van der Waals surface area contributed by atoms with Crippen molar-refractivity contribution < 1.29 is 9.90 Å². The molecule has 0 fully saturated rings. The second-order valence-electron chi connectivity index (χ2n) is 4.73. The van der Waals surface area contributed by atoms with E-state index in [0.29, 0.717) is 13.0 Å². The molecule has 3 N–H and O–H groups in total. The number of nitrogens with one attached hydrogen (secondary N) is 2. The van der Waals surface area contributed by atoms with Crippen molar-refractivity contribution >= 4 is 6.03 Å². The highest BCUT2D eigenvalue weighted by Crippen LogP contribution is 2.06. The minimum atomic E-state index is -0.253. The maximum atomic E-state index is 11.7. The van der Waals surface area contributed by atoms with Gasteiger partial charge in [0.1, 0.15) is 12.1 Å². The van der Waals surface area contributed by atoms with E-state index < -0.39 is 0 Å². The SMILES string of the molecule is C[C@H](CCO)NC(=O)NCc1ccnc(-n2ccnc2)c1. The third kappa shape index (κ3) is 4.57. The van der Waals surface area contributed by atoms with Crippen molar-refractivity contribution in [1.29, 1.82) is 0 Å². The fourth-order valence-electron chi connectivity index (χ4n) is 1.83. The molecule has 0 aliphatic heterocycles. The van der Waals surface area contributed by atoms with Gasteiger partial charge >= 0.3 is 6.03 Å². The van der Waals surface area contributed by atoms with Crippen LogP contribution in [0.25, 0.3) is 5.82 Å². The largest absolute Gasteiger partial charge is 0.396 e. The van der Waals surface area contributed by atoms with E-state index in [-0.39, 0.29) is 18.7 Å². The predicted molar refractivity (Wildman–Crippen MR) is 77.9 cm³/mol. The maximum Gasteiger partial charge on any atom is 0.315 e. The maximum absolute atomic E-state index is 11.7. The number of imidazole rings is 1. The van der Waals surface area contributed by atoms with Crippen LogP contribution in [0.4, 0.5) is 4.79 Å². The topological polar surface area (TPSA) is 92.1 Å². The molecule has 2 amide bonds. The van der Waals surface area contributed by atoms with Crippen molar-refractivity contribution in [1.82, 2.24) is 25.2 Å². The van der Waals surface area contributed by atoms with Crippen LogP contribution < -0.4 is 10.6 Å². The zero-order chi connectivity index (χ0) is 15.1. The van der Waals surface area contributed by atoms with Gasteiger partial charge in [0.05, 0.1) is 0 Å². The molecule has 0 aliphatic rings. The number of rotatable bonds is 6. The number of urea groups is 1. The highest BCUT2D eigenvalue weighted by atomic mass is 16.3. The van der Waals surface area contributed by atoms with Gasteiger partial charge in [0, 0.05) is 37.8 Å². The molecule has 2 aromatic rings. The van der Waals surface area contributed by atoms with Gasteiger partial charge in [-0.15, -0.1) is 0 Å². The van der Waals surface area contributed by atoms with Gasteiger partial charge in [-0.25, -0.2) is 14.8 Å². The molecule has 0 saturated heterocycles. The van der Waals surface area contributed by atoms with Gasteiger partial charge in [-0.1, -0.05) is 0 Å². The Morgan fingerprint density at radius 2 is 2.33 bits per heavy atom. The van der Waals surface area contributed by atoms with Crippen LogP contribution in [-0.4, -0.2) is 38.3 Å². The normalized spacial score (nSPS) is 11.9. The second-order valence-corrected chi connectivity index (χ2v) is 4.73. The molecule has 0 aliphatic carbocycles. The number of hydrogen-bond donors (Lipinski definition) is 3. The first-order chi connectivity index (χ1) is 10.2. The molecule has 0 aromatic carbocycles. The Morgan fingerprint density at radius 3 is 3.05 bits per heavy atom. The summed E-state index contributed by atoms with van der Waals surface area (Å²) in [4.78, 5) is 19.9. The molecular weight excluding hydrogens is 270 g/mol. The molecule has 1 atom stereocenters. The zero-order valence-electron chi connectivity index (χ0n) is 11.9. The van der Waals surface area contributed by atoms with Gasteiger partial charge in [-0.2, -0.15) is 0 Å². The average Bonchev–Trinajstić information content (AvgIpc) is 3.00. The van der Waals surface area contributed by atoms with Crippen LogP contribution in [-0.2, 0) is 6.54 Å². The lowest BCUT2D eigenvalue weighted by atomic mass is 10.2. The fourth-order valence-corrected chi connectivity index (χ4v) is 1.83. The van der Waals surface area contributed by atoms with E-state index in [0.717, 1.165) is 11.4 Å². The van der Waals surface area contributed by atoms with Gasteiger partial charge in [0.2, 0.25) is 0 Å². The van der Waals surface area contributed by atoms with E-state index in [1.807, 2.05) is 25.3 Å². The molecule has 0 spiro atoms. The summed E-state index contributed by atoms with van der Waals surface area (Å²) in [6, 6.07) is 3.42. The van der Waals surface area contributed by atoms with Crippen LogP contribution in [0.15, 0.2) is 37.1 Å². The van der Waals surface area contributed by atoms with Crippen molar-refractivity contribution in [3.63, 3.8) is 0 Å². The van der Waals surface area contributed by atoms with Crippen LogP contribution in [0.3, 0.4) is 0 Å². The molecule has 2 aromatic heterocycles. The summed E-state index contributed by atoms with van der Waals surface area (Å²) in [5, 5.41) is 14.3. The molecule has 0 saturated carbocycles. The molecule has 112 valence electrons. The third-order valence-electron chi connectivity index (χ3n) is 2.97. The lowest BCUT2D eigenvalue weighted by molar-refractivity contribution is 0.230. The monoisotopic (exact) mass is 289 g/mol. The molecule has 0 unspecified atom stereocenters. The molecule has 2 rings (SSSR count). The summed E-state index contributed by atoms with van der Waals surface area (Å²) in [7, 11) is 0. The molecule has 0 radical (unpaired) electrons. The van der Waals surface area contributed by atoms with Crippen LogP contribution >= 0.6 is 0 Å². The standard InChI is InChI=1S/C14H19N5O2/c1-11(3-7-20)18-14(21)17-9-12-2-4-16-13(8-12)19-6-5-15-10-19/h2,4-6,8,10-11,20H,3,7,9H2,1H3,(H2,17,18,21)/t11-/m1/s1. The van der Waals surface area contributed by atoms with E-state index in [2.05, 4.69) is 20.6 Å². The lowest BCUT2D eigenvalue weighted by Crippen LogP contribution is -2.40. The molecular formula is C14H19N5O2. The molecule has 0 bridgehead atoms. The Morgan fingerprint density at radius 1 is 1.48 bits per heavy atom. The van der Waals surface area contributed by atoms with Gasteiger partial charge in [0.25, 0.3) is 0 Å². The first-order valence-corrected chi connectivity index (χ1v) is 6.77. The summed E-state index contributed by atoms with van der Waals surface area (Å²) in [6.07, 6.45) is 7.39. The van der Waals surface area contributed by atoms with Gasteiger partial charge in [-0.3, -0.25) is 4.57 Å². The van der Waals surface area contributed by atoms with Crippen LogP contribution in [0, 0.1) is 0 Å². The lowest BCUT2D eigenvalue weighted by Gasteiger charge is -2.13. The van der Waals surface area contributed by atoms with Crippen LogP contribution in [0.5, 0.6) is 0 Å². The van der Waals surface area contributed by atoms with E-state index in [1.54, 1.807) is 23.3 Å². The van der Waals surface area contributed by atoms with E-state index in [1.165, 1.54) is 0 Å². The average molecular weight is 289 g/mol. The summed E-state index contributed by atoms with van der Waals surface area (Å²) in [6.45, 7) is 2.31. The smallest absolute Gasteiger partial charge is 0.315 e. The number of hydrogen-bond acceptors (Lipinski definition) is 4. The van der Waals surface area contributed by atoms with Crippen molar-refractivity contribution in [2.24, 2.45) is 0 Å². The highest BCUT2D eigenvalue weighted by Gasteiger charge is 2.06. The molecule has 7 nitrogen and oxygen atoms in total. The zero-order valence-corrected chi connectivity index (χ0v) is 11.9. The molecule has 21 heavy (non-hydrogen) atoms. The highest BCUT2D eigenvalue weighted by molar-refractivity contribution is 5.74. The van der Waals surface area contributed by atoms with Crippen molar-refractivity contribution in [3.8, 4) is 5.82 Å². The van der Waals surface area contributed by atoms with Crippen LogP contribution in [0.2, 0.25) is 0 Å². The quantitative estimate of drug-likeness (QED) is 0.734. The first-order valence-electron chi connectivity index (χ1n) is 6.77. The Bertz CT molecular complexity index is 571. The Balaban J connectivity index is 1.89. The van der Waals surface area contributed by atoms with Crippen LogP contribution in [0.1, 0.15) is 18.9 Å². The fraction of sp³-hybridized carbons (Fsp3) is 0.357. The Labute approximate surface area is 123 Å². The number of amides is 2. The van der Waals surface area contributed by atoms with E-state index in [9.17, 15) is 4.79 Å². The van der Waals surface area contributed by atoms with E-state index >= 15 is 0 Å². The third-order valence-corrected chi connectivity index (χ3v) is 2.97. The van der Waals surface area contributed by atoms with Crippen molar-refractivity contribution in [3.05, 3.63) is 42.6 Å². The van der Waals surface area contributed by atoms with Crippen molar-refractivity contribution in [2.75, 3.05) is 6.61 Å². The summed E-state index contributed by atoms with van der Waals surface area (Å²) >= 11 is 0. The number of nitrogens with zero attached hydrogens (tertiary/aromatic N) is 3. The van der Waals surface area contributed by atoms with E-state index in [4.69, 9.17) is 5.11 Å². The Hall–Kier alpha value is -2.41. The minimum absolute atomic E-state index is 0.0556. The number of carbonyl (C=O) groups is 1. The first kappa shape index (κ1) is 15.0. The van der Waals surface area contributed by atoms with Gasteiger partial charge in [-0.05, 0) is 31.0 Å². The summed E-state index contributed by atoms with van der Waals surface area (Å²) < 4.78 is 1.80. The number of aliphatic hydroxyl groups is 1. The number of carbonyl (C=O) groups excluding carboxylic acids is 1. The predicted octanol–water partition coefficient (Wildman–Crippen LogP) is 0.837. The minimum Gasteiger partial charge on any atom is -0.396 e. The summed E-state index contributed by atoms with van der Waals surface area (Å²) in [5.74, 6) is 0.751. The summed E-state index contributed by atoms with van der Waals surface area (Å²) in [5.41, 5.74) is 0.943. The number of pyridine rings is 1. The van der Waals surface area contributed by atoms with Gasteiger partial charge < -0.3 is 15.7 Å². The Kier molecular flexibility index (Phi) is 5.28. The van der Waals surface area contributed by atoms with Crippen molar-refractivity contribution in [2.45, 2.75) is 25.9 Å². The number of aromatic nitrogens is 3.